The van der Waals surface area contributed by atoms with Crippen molar-refractivity contribution in [3.05, 3.63) is 35.6 Å². The summed E-state index contributed by atoms with van der Waals surface area (Å²) in [6.07, 6.45) is 1.00. The van der Waals surface area contributed by atoms with Gasteiger partial charge < -0.3 is 0 Å². The van der Waals surface area contributed by atoms with Crippen LogP contribution in [-0.2, 0) is 4.84 Å². The number of hydrogen-bond donors (Lipinski definition) is 0. The summed E-state index contributed by atoms with van der Waals surface area (Å²) >= 11 is 0. The van der Waals surface area contributed by atoms with Gasteiger partial charge in [0.2, 0.25) is 0 Å². The summed E-state index contributed by atoms with van der Waals surface area (Å²) in [6, 6.07) is 5.75. The van der Waals surface area contributed by atoms with Crippen molar-refractivity contribution in [3.63, 3.8) is 0 Å². The van der Waals surface area contributed by atoms with Gasteiger partial charge in [-0.2, -0.15) is 5.06 Å². The van der Waals surface area contributed by atoms with Gasteiger partial charge in [0.25, 0.3) is 0 Å². The average Bonchev–Trinajstić information content (AvgIpc) is 2.24. The number of Topliss-reactive ketones (excluding diaryl/α,β-unsaturated/α-hetero) is 1. The summed E-state index contributed by atoms with van der Waals surface area (Å²) in [6.45, 7) is 0.494. The van der Waals surface area contributed by atoms with Crippen LogP contribution in [0.1, 0.15) is 23.2 Å². The van der Waals surface area contributed by atoms with Crippen LogP contribution in [0.15, 0.2) is 24.3 Å². The van der Waals surface area contributed by atoms with E-state index < -0.39 is 0 Å². The first-order chi connectivity index (χ1) is 7.59. The Hall–Kier alpha value is -1.26. The molecule has 1 aromatic carbocycles. The highest BCUT2D eigenvalue weighted by Crippen LogP contribution is 2.07. The zero-order valence-electron chi connectivity index (χ0n) is 9.57. The van der Waals surface area contributed by atoms with Crippen molar-refractivity contribution in [1.82, 2.24) is 5.06 Å². The molecule has 0 radical (unpaired) electrons. The number of carbonyl (C=O) groups excluding carboxylic acids is 1. The lowest BCUT2D eigenvalue weighted by Crippen LogP contribution is -2.14. The molecule has 0 fully saturated rings. The van der Waals surface area contributed by atoms with E-state index in [1.54, 1.807) is 31.3 Å². The first-order valence-corrected chi connectivity index (χ1v) is 5.18. The molecule has 0 atom stereocenters. The largest absolute Gasteiger partial charge is 0.300 e. The van der Waals surface area contributed by atoms with E-state index in [0.717, 1.165) is 0 Å². The lowest BCUT2D eigenvalue weighted by Gasteiger charge is -2.09. The number of halogens is 1. The Morgan fingerprint density at radius 2 is 2.19 bits per heavy atom. The third kappa shape index (κ3) is 4.51. The third-order valence-electron chi connectivity index (χ3n) is 2.04. The number of ketones is 1. The van der Waals surface area contributed by atoms with Crippen LogP contribution in [0.2, 0.25) is 0 Å². The summed E-state index contributed by atoms with van der Waals surface area (Å²) in [5.41, 5.74) is 0.421. The molecule has 88 valence electrons. The van der Waals surface area contributed by atoms with E-state index in [-0.39, 0.29) is 11.6 Å². The highest BCUT2D eigenvalue weighted by atomic mass is 19.1. The monoisotopic (exact) mass is 225 g/mol. The molecular weight excluding hydrogens is 209 g/mol. The van der Waals surface area contributed by atoms with Crippen molar-refractivity contribution in [2.45, 2.75) is 12.8 Å². The van der Waals surface area contributed by atoms with Gasteiger partial charge >= 0.3 is 0 Å². The number of rotatable bonds is 6. The highest BCUT2D eigenvalue weighted by molar-refractivity contribution is 5.95. The molecule has 0 aliphatic rings. The maximum atomic E-state index is 12.8. The van der Waals surface area contributed by atoms with Crippen LogP contribution in [-0.4, -0.2) is 31.5 Å². The predicted molar refractivity (Wildman–Crippen MR) is 59.6 cm³/mol. The van der Waals surface area contributed by atoms with Crippen molar-refractivity contribution < 1.29 is 14.0 Å². The Balaban J connectivity index is 2.35. The lowest BCUT2D eigenvalue weighted by molar-refractivity contribution is -0.119. The molecular formula is C12H16FNO2. The normalized spacial score (nSPS) is 10.8. The van der Waals surface area contributed by atoms with Gasteiger partial charge in [0, 0.05) is 26.1 Å². The molecule has 0 saturated carbocycles. The molecule has 16 heavy (non-hydrogen) atoms. The van der Waals surface area contributed by atoms with Crippen LogP contribution in [0.5, 0.6) is 0 Å². The summed E-state index contributed by atoms with van der Waals surface area (Å²) in [4.78, 5) is 16.8. The fourth-order valence-electron chi connectivity index (χ4n) is 1.29. The number of carbonyl (C=O) groups is 1. The molecule has 0 bridgehead atoms. The van der Waals surface area contributed by atoms with Crippen molar-refractivity contribution >= 4 is 5.78 Å². The van der Waals surface area contributed by atoms with E-state index in [0.29, 0.717) is 25.0 Å². The van der Waals surface area contributed by atoms with Crippen LogP contribution >= 0.6 is 0 Å². The summed E-state index contributed by atoms with van der Waals surface area (Å²) in [5, 5.41) is 1.59. The van der Waals surface area contributed by atoms with Crippen LogP contribution in [0.4, 0.5) is 4.39 Å². The molecule has 3 nitrogen and oxygen atoms in total. The standard InChI is InChI=1S/C12H16FNO2/c1-14(2)16-8-4-7-12(15)10-5-3-6-11(13)9-10/h3,5-6,9H,4,7-8H2,1-2H3. The summed E-state index contributed by atoms with van der Waals surface area (Å²) in [5.74, 6) is -0.433. The van der Waals surface area contributed by atoms with Gasteiger partial charge in [-0.3, -0.25) is 9.63 Å². The van der Waals surface area contributed by atoms with Gasteiger partial charge in [-0.05, 0) is 18.6 Å². The maximum Gasteiger partial charge on any atom is 0.163 e. The zero-order valence-corrected chi connectivity index (χ0v) is 9.57. The molecule has 1 aromatic rings. The predicted octanol–water partition coefficient (Wildman–Crippen LogP) is 2.28. The fraction of sp³-hybridized carbons (Fsp3) is 0.417. The molecule has 0 unspecified atom stereocenters. The van der Waals surface area contributed by atoms with E-state index in [9.17, 15) is 9.18 Å². The first kappa shape index (κ1) is 12.8. The molecule has 0 heterocycles. The van der Waals surface area contributed by atoms with Crippen molar-refractivity contribution in [1.29, 1.82) is 0 Å². The minimum Gasteiger partial charge on any atom is -0.300 e. The Morgan fingerprint density at radius 1 is 1.44 bits per heavy atom. The van der Waals surface area contributed by atoms with Crippen LogP contribution in [0.3, 0.4) is 0 Å². The Bertz CT molecular complexity index is 353. The van der Waals surface area contributed by atoms with Crippen LogP contribution < -0.4 is 0 Å². The topological polar surface area (TPSA) is 29.5 Å². The fourth-order valence-corrected chi connectivity index (χ4v) is 1.29. The highest BCUT2D eigenvalue weighted by Gasteiger charge is 2.06. The summed E-state index contributed by atoms with van der Waals surface area (Å²) < 4.78 is 12.8. The van der Waals surface area contributed by atoms with Crippen LogP contribution in [0.25, 0.3) is 0 Å². The Kier molecular flexibility index (Phi) is 5.08. The number of hydroxylamine groups is 2. The van der Waals surface area contributed by atoms with Gasteiger partial charge in [-0.25, -0.2) is 4.39 Å². The van der Waals surface area contributed by atoms with Gasteiger partial charge in [-0.15, -0.1) is 0 Å². The second-order valence-corrected chi connectivity index (χ2v) is 3.68. The molecule has 0 N–H and O–H groups in total. The maximum absolute atomic E-state index is 12.8. The number of nitrogens with zero attached hydrogens (tertiary/aromatic N) is 1. The third-order valence-corrected chi connectivity index (χ3v) is 2.04. The lowest BCUT2D eigenvalue weighted by atomic mass is 10.1. The Labute approximate surface area is 94.8 Å². The molecule has 0 aromatic heterocycles. The second kappa shape index (κ2) is 6.35. The van der Waals surface area contributed by atoms with E-state index in [2.05, 4.69) is 0 Å². The van der Waals surface area contributed by atoms with E-state index in [4.69, 9.17) is 4.84 Å². The quantitative estimate of drug-likeness (QED) is 0.422. The molecule has 0 aliphatic carbocycles. The van der Waals surface area contributed by atoms with Crippen molar-refractivity contribution in [3.8, 4) is 0 Å². The van der Waals surface area contributed by atoms with E-state index >= 15 is 0 Å². The SMILES string of the molecule is CN(C)OCCCC(=O)c1cccc(F)c1. The summed E-state index contributed by atoms with van der Waals surface area (Å²) in [7, 11) is 3.57. The molecule has 0 spiro atoms. The molecule has 0 aliphatic heterocycles. The number of hydrogen-bond acceptors (Lipinski definition) is 3. The average molecular weight is 225 g/mol. The molecule has 1 rings (SSSR count). The van der Waals surface area contributed by atoms with Crippen molar-refractivity contribution in [2.75, 3.05) is 20.7 Å². The van der Waals surface area contributed by atoms with E-state index in [1.807, 2.05) is 0 Å². The molecule has 0 saturated heterocycles. The second-order valence-electron chi connectivity index (χ2n) is 3.68. The zero-order chi connectivity index (χ0) is 12.0. The van der Waals surface area contributed by atoms with Gasteiger partial charge in [-0.1, -0.05) is 12.1 Å². The minimum atomic E-state index is -0.379. The number of benzene rings is 1. The minimum absolute atomic E-state index is 0.0538. The Morgan fingerprint density at radius 3 is 2.81 bits per heavy atom. The van der Waals surface area contributed by atoms with Crippen LogP contribution in [0, 0.1) is 5.82 Å². The smallest absolute Gasteiger partial charge is 0.163 e. The molecule has 0 amide bonds. The van der Waals surface area contributed by atoms with E-state index in [1.165, 1.54) is 12.1 Å². The van der Waals surface area contributed by atoms with Crippen molar-refractivity contribution in [2.24, 2.45) is 0 Å². The first-order valence-electron chi connectivity index (χ1n) is 5.18. The van der Waals surface area contributed by atoms with Gasteiger partial charge in [0.15, 0.2) is 5.78 Å². The van der Waals surface area contributed by atoms with Gasteiger partial charge in [0.1, 0.15) is 5.82 Å². The van der Waals surface area contributed by atoms with Gasteiger partial charge in [0.05, 0.1) is 6.61 Å². The molecule has 4 heteroatoms.